The lowest BCUT2D eigenvalue weighted by Gasteiger charge is -2.10. The van der Waals surface area contributed by atoms with Crippen molar-refractivity contribution in [3.8, 4) is 17.1 Å². The summed E-state index contributed by atoms with van der Waals surface area (Å²) in [4.78, 5) is 23.2. The fourth-order valence-corrected chi connectivity index (χ4v) is 2.47. The van der Waals surface area contributed by atoms with Crippen molar-refractivity contribution in [2.24, 2.45) is 0 Å². The number of amides is 1. The smallest absolute Gasteiger partial charge is 0.337 e. The summed E-state index contributed by atoms with van der Waals surface area (Å²) in [5, 5.41) is 11.9. The summed E-state index contributed by atoms with van der Waals surface area (Å²) in [6.07, 6.45) is 1.59. The molecule has 0 spiro atoms. The van der Waals surface area contributed by atoms with Crippen molar-refractivity contribution < 1.29 is 23.8 Å². The van der Waals surface area contributed by atoms with Gasteiger partial charge in [-0.3, -0.25) is 4.79 Å². The molecule has 0 saturated heterocycles. The van der Waals surface area contributed by atoms with Gasteiger partial charge in [0.25, 0.3) is 5.91 Å². The Balaban J connectivity index is 1.60. The third-order valence-corrected chi connectivity index (χ3v) is 3.75. The molecule has 0 bridgehead atoms. The first kappa shape index (κ1) is 17.6. The van der Waals surface area contributed by atoms with E-state index in [0.29, 0.717) is 5.75 Å². The second kappa shape index (κ2) is 7.76. The predicted molar refractivity (Wildman–Crippen MR) is 96.7 cm³/mol. The number of carboxylic acid groups (broad SMARTS) is 1. The zero-order chi connectivity index (χ0) is 18.5. The van der Waals surface area contributed by atoms with Crippen LogP contribution in [-0.4, -0.2) is 23.6 Å². The molecular formula is C19H14ClNO5. The molecule has 0 unspecified atom stereocenters. The second-order valence-electron chi connectivity index (χ2n) is 5.33. The number of hydrogen-bond donors (Lipinski definition) is 2. The number of carbonyl (C=O) groups excluding carboxylic acids is 1. The van der Waals surface area contributed by atoms with E-state index in [1.165, 1.54) is 18.2 Å². The van der Waals surface area contributed by atoms with E-state index < -0.39 is 11.9 Å². The Bertz CT molecular complexity index is 920. The van der Waals surface area contributed by atoms with E-state index in [1.54, 1.807) is 24.5 Å². The van der Waals surface area contributed by atoms with Gasteiger partial charge in [0.15, 0.2) is 6.61 Å². The normalized spacial score (nSPS) is 10.3. The molecule has 132 valence electrons. The van der Waals surface area contributed by atoms with Crippen LogP contribution in [0.4, 0.5) is 5.69 Å². The quantitative estimate of drug-likeness (QED) is 0.673. The number of aromatic carboxylic acids is 1. The minimum absolute atomic E-state index is 0.0892. The molecule has 1 amide bonds. The Kier molecular flexibility index (Phi) is 5.24. The molecule has 7 heteroatoms. The lowest BCUT2D eigenvalue weighted by atomic mass is 10.1. The Morgan fingerprint density at radius 1 is 1.12 bits per heavy atom. The van der Waals surface area contributed by atoms with Crippen LogP contribution in [0, 0.1) is 0 Å². The molecule has 0 radical (unpaired) electrons. The highest BCUT2D eigenvalue weighted by Crippen LogP contribution is 2.23. The van der Waals surface area contributed by atoms with Crippen molar-refractivity contribution in [3.63, 3.8) is 0 Å². The largest absolute Gasteiger partial charge is 0.484 e. The van der Waals surface area contributed by atoms with Gasteiger partial charge in [0.2, 0.25) is 0 Å². The van der Waals surface area contributed by atoms with Crippen LogP contribution >= 0.6 is 11.6 Å². The van der Waals surface area contributed by atoms with Gasteiger partial charge in [-0.15, -0.1) is 0 Å². The molecule has 26 heavy (non-hydrogen) atoms. The first-order valence-corrected chi connectivity index (χ1v) is 8.00. The Labute approximate surface area is 154 Å². The van der Waals surface area contributed by atoms with E-state index in [4.69, 9.17) is 25.9 Å². The average Bonchev–Trinajstić information content (AvgIpc) is 3.16. The number of hydrogen-bond acceptors (Lipinski definition) is 4. The summed E-state index contributed by atoms with van der Waals surface area (Å²) < 4.78 is 10.7. The van der Waals surface area contributed by atoms with E-state index in [-0.39, 0.29) is 22.9 Å². The van der Waals surface area contributed by atoms with Crippen LogP contribution < -0.4 is 10.1 Å². The van der Waals surface area contributed by atoms with Crippen molar-refractivity contribution in [2.75, 3.05) is 11.9 Å². The number of carbonyl (C=O) groups is 2. The van der Waals surface area contributed by atoms with Crippen LogP contribution in [0.15, 0.2) is 65.3 Å². The van der Waals surface area contributed by atoms with Crippen LogP contribution in [0.3, 0.4) is 0 Å². The molecule has 0 aliphatic carbocycles. The van der Waals surface area contributed by atoms with E-state index in [0.717, 1.165) is 11.3 Å². The molecule has 0 saturated carbocycles. The molecule has 0 aliphatic heterocycles. The third-order valence-electron chi connectivity index (χ3n) is 3.52. The molecule has 2 aromatic carbocycles. The van der Waals surface area contributed by atoms with Crippen LogP contribution in [-0.2, 0) is 4.79 Å². The minimum Gasteiger partial charge on any atom is -0.484 e. The van der Waals surface area contributed by atoms with Gasteiger partial charge in [-0.1, -0.05) is 11.6 Å². The summed E-state index contributed by atoms with van der Waals surface area (Å²) in [6.45, 7) is -0.262. The average molecular weight is 372 g/mol. The van der Waals surface area contributed by atoms with Gasteiger partial charge in [-0.05, 0) is 54.6 Å². The Morgan fingerprint density at radius 2 is 1.88 bits per heavy atom. The first-order chi connectivity index (χ1) is 12.5. The molecule has 6 nitrogen and oxygen atoms in total. The van der Waals surface area contributed by atoms with E-state index in [1.807, 2.05) is 18.2 Å². The molecule has 0 aliphatic rings. The highest BCUT2D eigenvalue weighted by Gasteiger charge is 2.13. The Morgan fingerprint density at radius 3 is 2.54 bits per heavy atom. The fraction of sp³-hybridized carbons (Fsp3) is 0.0526. The van der Waals surface area contributed by atoms with E-state index in [9.17, 15) is 9.59 Å². The fourth-order valence-electron chi connectivity index (χ4n) is 2.30. The molecule has 1 aromatic heterocycles. The lowest BCUT2D eigenvalue weighted by molar-refractivity contribution is -0.118. The van der Waals surface area contributed by atoms with Crippen LogP contribution in [0.1, 0.15) is 10.4 Å². The molecule has 1 heterocycles. The molecule has 3 aromatic rings. The van der Waals surface area contributed by atoms with Gasteiger partial charge in [0, 0.05) is 10.6 Å². The minimum atomic E-state index is -1.18. The summed E-state index contributed by atoms with van der Waals surface area (Å²) in [7, 11) is 0. The molecule has 2 N–H and O–H groups in total. The first-order valence-electron chi connectivity index (χ1n) is 7.62. The SMILES string of the molecule is O=C(COc1ccc(-c2ccco2)cc1)Nc1ccc(Cl)cc1C(=O)O. The number of halogens is 1. The van der Waals surface area contributed by atoms with Crippen molar-refractivity contribution in [2.45, 2.75) is 0 Å². The van der Waals surface area contributed by atoms with Crippen LogP contribution in [0.2, 0.25) is 5.02 Å². The molecular weight excluding hydrogens is 358 g/mol. The van der Waals surface area contributed by atoms with Gasteiger partial charge >= 0.3 is 5.97 Å². The maximum atomic E-state index is 12.0. The predicted octanol–water partition coefficient (Wildman–Crippen LogP) is 4.32. The molecule has 0 fully saturated rings. The summed E-state index contributed by atoms with van der Waals surface area (Å²) in [6, 6.07) is 14.9. The number of carboxylic acids is 1. The van der Waals surface area contributed by atoms with Crippen molar-refractivity contribution in [1.82, 2.24) is 0 Å². The van der Waals surface area contributed by atoms with Crippen LogP contribution in [0.5, 0.6) is 5.75 Å². The summed E-state index contributed by atoms with van der Waals surface area (Å²) in [5.74, 6) is -0.426. The van der Waals surface area contributed by atoms with Gasteiger partial charge < -0.3 is 19.6 Å². The number of ether oxygens (including phenoxy) is 1. The van der Waals surface area contributed by atoms with E-state index in [2.05, 4.69) is 5.32 Å². The standard InChI is InChI=1S/C19H14ClNO5/c20-13-5-8-16(15(10-13)19(23)24)21-18(22)11-26-14-6-3-12(4-7-14)17-2-1-9-25-17/h1-10H,11H2,(H,21,22)(H,23,24). The summed E-state index contributed by atoms with van der Waals surface area (Å²) >= 11 is 5.78. The maximum Gasteiger partial charge on any atom is 0.337 e. The number of anilines is 1. The zero-order valence-corrected chi connectivity index (χ0v) is 14.2. The van der Waals surface area contributed by atoms with Gasteiger partial charge in [0.05, 0.1) is 17.5 Å². The van der Waals surface area contributed by atoms with Crippen molar-refractivity contribution in [3.05, 3.63) is 71.4 Å². The second-order valence-corrected chi connectivity index (χ2v) is 5.77. The van der Waals surface area contributed by atoms with Crippen molar-refractivity contribution >= 4 is 29.2 Å². The lowest BCUT2D eigenvalue weighted by Crippen LogP contribution is -2.21. The molecule has 3 rings (SSSR count). The topological polar surface area (TPSA) is 88.8 Å². The van der Waals surface area contributed by atoms with Crippen LogP contribution in [0.25, 0.3) is 11.3 Å². The highest BCUT2D eigenvalue weighted by atomic mass is 35.5. The van der Waals surface area contributed by atoms with Gasteiger partial charge in [-0.2, -0.15) is 0 Å². The van der Waals surface area contributed by atoms with Gasteiger partial charge in [-0.25, -0.2) is 4.79 Å². The number of benzene rings is 2. The van der Waals surface area contributed by atoms with E-state index >= 15 is 0 Å². The Hall–Kier alpha value is -3.25. The summed E-state index contributed by atoms with van der Waals surface area (Å²) in [5.41, 5.74) is 0.955. The third kappa shape index (κ3) is 4.23. The maximum absolute atomic E-state index is 12.0. The highest BCUT2D eigenvalue weighted by molar-refractivity contribution is 6.31. The monoisotopic (exact) mass is 371 g/mol. The number of nitrogens with one attached hydrogen (secondary N) is 1. The van der Waals surface area contributed by atoms with Crippen molar-refractivity contribution in [1.29, 1.82) is 0 Å². The number of rotatable bonds is 6. The number of furan rings is 1. The van der Waals surface area contributed by atoms with Gasteiger partial charge in [0.1, 0.15) is 11.5 Å². The molecule has 0 atom stereocenters. The zero-order valence-electron chi connectivity index (χ0n) is 13.4.